The van der Waals surface area contributed by atoms with Crippen LogP contribution in [0.5, 0.6) is 0 Å². The van der Waals surface area contributed by atoms with Crippen LogP contribution in [0.1, 0.15) is 44.2 Å². The molecule has 0 bridgehead atoms. The molecule has 1 aliphatic rings. The summed E-state index contributed by atoms with van der Waals surface area (Å²) in [6.07, 6.45) is 7.85. The molecule has 0 saturated heterocycles. The molecule has 1 aromatic rings. The largest absolute Gasteiger partial charge is 0.392 e. The van der Waals surface area contributed by atoms with Crippen LogP contribution in [0, 0.1) is 0 Å². The number of aromatic nitrogens is 1. The Kier molecular flexibility index (Phi) is 3.91. The lowest BCUT2D eigenvalue weighted by Gasteiger charge is -2.31. The van der Waals surface area contributed by atoms with Crippen molar-refractivity contribution in [1.82, 2.24) is 10.3 Å². The Morgan fingerprint density at radius 1 is 1.44 bits per heavy atom. The Morgan fingerprint density at radius 3 is 2.94 bits per heavy atom. The smallest absolute Gasteiger partial charge is 0.0693 e. The van der Waals surface area contributed by atoms with Gasteiger partial charge in [-0.3, -0.25) is 4.98 Å². The molecule has 2 rings (SSSR count). The topological polar surface area (TPSA) is 45.1 Å². The van der Waals surface area contributed by atoms with Gasteiger partial charge in [-0.2, -0.15) is 0 Å². The number of hydrogen-bond donors (Lipinski definition) is 2. The van der Waals surface area contributed by atoms with Crippen molar-refractivity contribution >= 4 is 0 Å². The summed E-state index contributed by atoms with van der Waals surface area (Å²) in [6.45, 7) is 2.12. The van der Waals surface area contributed by atoms with E-state index in [1.807, 2.05) is 12.3 Å². The molecule has 3 atom stereocenters. The SMILES string of the molecule is C[C@H](NC1CCCCC1O)c1cccnc1. The average molecular weight is 220 g/mol. The highest BCUT2D eigenvalue weighted by atomic mass is 16.3. The second kappa shape index (κ2) is 5.41. The number of nitrogens with one attached hydrogen (secondary N) is 1. The molecule has 1 aliphatic carbocycles. The van der Waals surface area contributed by atoms with E-state index in [0.29, 0.717) is 0 Å². The van der Waals surface area contributed by atoms with Gasteiger partial charge in [0.05, 0.1) is 6.10 Å². The van der Waals surface area contributed by atoms with E-state index in [-0.39, 0.29) is 18.2 Å². The Morgan fingerprint density at radius 2 is 2.25 bits per heavy atom. The molecule has 0 amide bonds. The highest BCUT2D eigenvalue weighted by Gasteiger charge is 2.24. The van der Waals surface area contributed by atoms with E-state index < -0.39 is 0 Å². The van der Waals surface area contributed by atoms with Gasteiger partial charge in [-0.15, -0.1) is 0 Å². The van der Waals surface area contributed by atoms with Gasteiger partial charge in [0.25, 0.3) is 0 Å². The maximum Gasteiger partial charge on any atom is 0.0693 e. The number of nitrogens with zero attached hydrogens (tertiary/aromatic N) is 1. The summed E-state index contributed by atoms with van der Waals surface area (Å²) < 4.78 is 0. The standard InChI is InChI=1S/C13H20N2O/c1-10(11-5-4-8-14-9-11)15-12-6-2-3-7-13(12)16/h4-5,8-10,12-13,15-16H,2-3,6-7H2,1H3/t10-,12?,13?/m0/s1. The molecule has 0 aromatic carbocycles. The first-order valence-corrected chi connectivity index (χ1v) is 6.11. The van der Waals surface area contributed by atoms with Crippen molar-refractivity contribution in [2.24, 2.45) is 0 Å². The zero-order valence-electron chi connectivity index (χ0n) is 9.76. The van der Waals surface area contributed by atoms with Gasteiger partial charge < -0.3 is 10.4 Å². The zero-order chi connectivity index (χ0) is 11.4. The summed E-state index contributed by atoms with van der Waals surface area (Å²) in [4.78, 5) is 4.12. The van der Waals surface area contributed by atoms with E-state index in [1.54, 1.807) is 6.20 Å². The molecular weight excluding hydrogens is 200 g/mol. The lowest BCUT2D eigenvalue weighted by atomic mass is 9.91. The van der Waals surface area contributed by atoms with Gasteiger partial charge in [-0.1, -0.05) is 18.9 Å². The number of hydrogen-bond acceptors (Lipinski definition) is 3. The van der Waals surface area contributed by atoms with Crippen LogP contribution in [0.2, 0.25) is 0 Å². The van der Waals surface area contributed by atoms with Crippen molar-refractivity contribution < 1.29 is 5.11 Å². The minimum Gasteiger partial charge on any atom is -0.392 e. The van der Waals surface area contributed by atoms with Crippen molar-refractivity contribution in [2.45, 2.75) is 50.8 Å². The number of rotatable bonds is 3. The third-order valence-corrected chi connectivity index (χ3v) is 3.38. The Hall–Kier alpha value is -0.930. The predicted molar refractivity (Wildman–Crippen MR) is 64.1 cm³/mol. The maximum atomic E-state index is 9.89. The Balaban J connectivity index is 1.94. The van der Waals surface area contributed by atoms with E-state index in [9.17, 15) is 5.11 Å². The lowest BCUT2D eigenvalue weighted by molar-refractivity contribution is 0.0859. The van der Waals surface area contributed by atoms with Gasteiger partial charge in [0.15, 0.2) is 0 Å². The second-order valence-electron chi connectivity index (χ2n) is 4.63. The molecule has 2 N–H and O–H groups in total. The van der Waals surface area contributed by atoms with Crippen LogP contribution in [-0.2, 0) is 0 Å². The van der Waals surface area contributed by atoms with Gasteiger partial charge in [-0.05, 0) is 31.4 Å². The monoisotopic (exact) mass is 220 g/mol. The fraction of sp³-hybridized carbons (Fsp3) is 0.615. The van der Waals surface area contributed by atoms with Crippen molar-refractivity contribution in [1.29, 1.82) is 0 Å². The van der Waals surface area contributed by atoms with E-state index in [1.165, 1.54) is 12.0 Å². The number of aliphatic hydroxyl groups is 1. The average Bonchev–Trinajstić information content (AvgIpc) is 2.33. The Bertz CT molecular complexity index is 315. The maximum absolute atomic E-state index is 9.89. The van der Waals surface area contributed by atoms with Crippen LogP contribution >= 0.6 is 0 Å². The lowest BCUT2D eigenvalue weighted by Crippen LogP contribution is -2.43. The first-order valence-electron chi connectivity index (χ1n) is 6.11. The molecule has 0 spiro atoms. The van der Waals surface area contributed by atoms with Gasteiger partial charge in [0.2, 0.25) is 0 Å². The highest BCUT2D eigenvalue weighted by Crippen LogP contribution is 2.21. The summed E-state index contributed by atoms with van der Waals surface area (Å²) in [5.41, 5.74) is 1.18. The van der Waals surface area contributed by atoms with Crippen molar-refractivity contribution in [3.05, 3.63) is 30.1 Å². The summed E-state index contributed by atoms with van der Waals surface area (Å²) >= 11 is 0. The normalized spacial score (nSPS) is 27.6. The van der Waals surface area contributed by atoms with Crippen molar-refractivity contribution in [2.75, 3.05) is 0 Å². The molecule has 0 aliphatic heterocycles. The first kappa shape index (κ1) is 11.6. The van der Waals surface area contributed by atoms with E-state index >= 15 is 0 Å². The third kappa shape index (κ3) is 2.80. The number of aliphatic hydroxyl groups excluding tert-OH is 1. The van der Waals surface area contributed by atoms with Crippen LogP contribution in [0.25, 0.3) is 0 Å². The molecule has 3 nitrogen and oxygen atoms in total. The summed E-state index contributed by atoms with van der Waals surface area (Å²) in [5, 5.41) is 13.4. The molecule has 0 radical (unpaired) electrons. The quantitative estimate of drug-likeness (QED) is 0.819. The fourth-order valence-electron chi connectivity index (χ4n) is 2.36. The second-order valence-corrected chi connectivity index (χ2v) is 4.63. The van der Waals surface area contributed by atoms with Crippen molar-refractivity contribution in [3.63, 3.8) is 0 Å². The zero-order valence-corrected chi connectivity index (χ0v) is 9.76. The van der Waals surface area contributed by atoms with E-state index in [4.69, 9.17) is 0 Å². The van der Waals surface area contributed by atoms with Gasteiger partial charge in [0, 0.05) is 24.5 Å². The van der Waals surface area contributed by atoms with Gasteiger partial charge >= 0.3 is 0 Å². The fourth-order valence-corrected chi connectivity index (χ4v) is 2.36. The van der Waals surface area contributed by atoms with E-state index in [0.717, 1.165) is 19.3 Å². The minimum absolute atomic E-state index is 0.187. The first-order chi connectivity index (χ1) is 7.77. The predicted octanol–water partition coefficient (Wildman–Crippen LogP) is 2.04. The van der Waals surface area contributed by atoms with Crippen LogP contribution in [0.15, 0.2) is 24.5 Å². The van der Waals surface area contributed by atoms with Crippen LogP contribution < -0.4 is 5.32 Å². The summed E-state index contributed by atoms with van der Waals surface area (Å²) in [5.74, 6) is 0. The highest BCUT2D eigenvalue weighted by molar-refractivity contribution is 5.13. The van der Waals surface area contributed by atoms with Crippen LogP contribution in [0.4, 0.5) is 0 Å². The molecule has 1 fully saturated rings. The third-order valence-electron chi connectivity index (χ3n) is 3.38. The molecule has 3 heteroatoms. The van der Waals surface area contributed by atoms with Crippen LogP contribution in [0.3, 0.4) is 0 Å². The molecule has 16 heavy (non-hydrogen) atoms. The van der Waals surface area contributed by atoms with E-state index in [2.05, 4.69) is 23.3 Å². The molecular formula is C13H20N2O. The molecule has 1 heterocycles. The van der Waals surface area contributed by atoms with Gasteiger partial charge in [-0.25, -0.2) is 0 Å². The summed E-state index contributed by atoms with van der Waals surface area (Å²) in [6, 6.07) is 4.51. The Labute approximate surface area is 96.9 Å². The molecule has 1 aromatic heterocycles. The minimum atomic E-state index is -0.187. The van der Waals surface area contributed by atoms with Crippen molar-refractivity contribution in [3.8, 4) is 0 Å². The molecule has 2 unspecified atom stereocenters. The summed E-state index contributed by atoms with van der Waals surface area (Å²) in [7, 11) is 0. The number of pyridine rings is 1. The molecule has 88 valence electrons. The van der Waals surface area contributed by atoms with Gasteiger partial charge in [0.1, 0.15) is 0 Å². The molecule has 1 saturated carbocycles. The van der Waals surface area contributed by atoms with Crippen LogP contribution in [-0.4, -0.2) is 22.2 Å².